The molecule has 1 N–H and O–H groups in total. The number of amides is 2. The van der Waals surface area contributed by atoms with Crippen molar-refractivity contribution in [2.45, 2.75) is 57.9 Å². The van der Waals surface area contributed by atoms with Crippen LogP contribution >= 0.6 is 0 Å². The topological polar surface area (TPSA) is 69.7 Å². The average molecular weight is 424 g/mol. The van der Waals surface area contributed by atoms with Gasteiger partial charge in [0.25, 0.3) is 0 Å². The number of anilines is 1. The molecule has 6 heteroatoms. The Morgan fingerprint density at radius 3 is 2.06 bits per heavy atom. The van der Waals surface area contributed by atoms with Crippen molar-refractivity contribution in [3.8, 4) is 0 Å². The fourth-order valence-corrected chi connectivity index (χ4v) is 7.44. The van der Waals surface area contributed by atoms with Gasteiger partial charge in [0.2, 0.25) is 11.8 Å². The van der Waals surface area contributed by atoms with Crippen LogP contribution in [0.1, 0.15) is 62.7 Å². The zero-order valence-electron chi connectivity index (χ0n) is 18.7. The van der Waals surface area contributed by atoms with Crippen molar-refractivity contribution in [3.05, 3.63) is 29.8 Å². The Labute approximate surface area is 184 Å². The maximum Gasteiger partial charge on any atom is 0.229 e. The molecule has 2 unspecified atom stereocenters. The van der Waals surface area contributed by atoms with E-state index in [-0.39, 0.29) is 22.6 Å². The van der Waals surface area contributed by atoms with Crippen molar-refractivity contribution in [2.75, 3.05) is 31.1 Å². The standard InChI is InChI=1S/C25H33N3O3/c1-17(29)21-3-5-22(6-4-21)27-7-9-28(10-8-27)23(31)24-12-19-11-20(13-24)15-25(14-19,16-24)26-18(2)30/h3-6,19-20H,7-16H2,1-2H3,(H,26,30). The number of rotatable bonds is 4. The van der Waals surface area contributed by atoms with Crippen LogP contribution in [0.15, 0.2) is 24.3 Å². The second-order valence-electron chi connectivity index (χ2n) is 10.6. The highest BCUT2D eigenvalue weighted by Crippen LogP contribution is 2.62. The molecule has 5 aliphatic rings. The summed E-state index contributed by atoms with van der Waals surface area (Å²) in [4.78, 5) is 41.6. The lowest BCUT2D eigenvalue weighted by molar-refractivity contribution is -0.163. The first-order chi connectivity index (χ1) is 14.8. The third-order valence-electron chi connectivity index (χ3n) is 8.16. The molecule has 4 bridgehead atoms. The second-order valence-corrected chi connectivity index (χ2v) is 10.6. The van der Waals surface area contributed by atoms with Crippen LogP contribution in [-0.4, -0.2) is 54.2 Å². The Balaban J connectivity index is 1.27. The number of nitrogens with one attached hydrogen (secondary N) is 1. The van der Waals surface area contributed by atoms with E-state index in [1.807, 2.05) is 24.3 Å². The van der Waals surface area contributed by atoms with Gasteiger partial charge in [0, 0.05) is 49.9 Å². The number of hydrogen-bond acceptors (Lipinski definition) is 4. The molecule has 1 heterocycles. The molecule has 6 rings (SSSR count). The predicted molar refractivity (Wildman–Crippen MR) is 119 cm³/mol. The van der Waals surface area contributed by atoms with Gasteiger partial charge >= 0.3 is 0 Å². The van der Waals surface area contributed by atoms with Crippen LogP contribution in [-0.2, 0) is 9.59 Å². The molecule has 31 heavy (non-hydrogen) atoms. The zero-order valence-corrected chi connectivity index (χ0v) is 18.7. The molecule has 4 aliphatic carbocycles. The normalized spacial score (nSPS) is 34.0. The van der Waals surface area contributed by atoms with E-state index in [9.17, 15) is 14.4 Å². The Bertz CT molecular complexity index is 887. The van der Waals surface area contributed by atoms with Crippen molar-refractivity contribution < 1.29 is 14.4 Å². The predicted octanol–water partition coefficient (Wildman–Crippen LogP) is 3.01. The molecular weight excluding hydrogens is 390 g/mol. The number of nitrogens with zero attached hydrogens (tertiary/aromatic N) is 2. The fraction of sp³-hybridized carbons (Fsp3) is 0.640. The monoisotopic (exact) mass is 423 g/mol. The number of ketones is 1. The Hall–Kier alpha value is -2.37. The van der Waals surface area contributed by atoms with Crippen LogP contribution in [0.2, 0.25) is 0 Å². The summed E-state index contributed by atoms with van der Waals surface area (Å²) < 4.78 is 0. The summed E-state index contributed by atoms with van der Waals surface area (Å²) in [6, 6.07) is 7.77. The third kappa shape index (κ3) is 3.64. The van der Waals surface area contributed by atoms with E-state index in [4.69, 9.17) is 0 Å². The number of carbonyl (C=O) groups is 3. The summed E-state index contributed by atoms with van der Waals surface area (Å²) in [5.74, 6) is 1.57. The minimum Gasteiger partial charge on any atom is -0.368 e. The first-order valence-electron chi connectivity index (χ1n) is 11.7. The van der Waals surface area contributed by atoms with Gasteiger partial charge in [0.15, 0.2) is 5.78 Å². The smallest absolute Gasteiger partial charge is 0.229 e. The zero-order chi connectivity index (χ0) is 21.8. The maximum absolute atomic E-state index is 13.8. The van der Waals surface area contributed by atoms with Crippen molar-refractivity contribution in [1.82, 2.24) is 10.2 Å². The second kappa shape index (κ2) is 7.35. The SMILES string of the molecule is CC(=O)NC12CC3CC(C1)CC(C(=O)N1CCN(c4ccc(C(C)=O)cc4)CC1)(C3)C2. The van der Waals surface area contributed by atoms with Crippen LogP contribution < -0.4 is 10.2 Å². The molecule has 0 aromatic heterocycles. The van der Waals surface area contributed by atoms with Gasteiger partial charge in [-0.1, -0.05) is 0 Å². The van der Waals surface area contributed by atoms with E-state index in [1.165, 1.54) is 6.42 Å². The van der Waals surface area contributed by atoms with E-state index in [1.54, 1.807) is 13.8 Å². The van der Waals surface area contributed by atoms with Crippen molar-refractivity contribution in [1.29, 1.82) is 0 Å². The summed E-state index contributed by atoms with van der Waals surface area (Å²) in [6.45, 7) is 6.28. The first-order valence-corrected chi connectivity index (χ1v) is 11.7. The fourth-order valence-electron chi connectivity index (χ4n) is 7.44. The largest absolute Gasteiger partial charge is 0.368 e. The lowest BCUT2D eigenvalue weighted by Crippen LogP contribution is -2.66. The molecule has 1 aromatic rings. The summed E-state index contributed by atoms with van der Waals surface area (Å²) in [7, 11) is 0. The van der Waals surface area contributed by atoms with Gasteiger partial charge in [-0.25, -0.2) is 0 Å². The quantitative estimate of drug-likeness (QED) is 0.756. The molecule has 1 aliphatic heterocycles. The van der Waals surface area contributed by atoms with Gasteiger partial charge in [-0.2, -0.15) is 0 Å². The molecule has 166 valence electrons. The maximum atomic E-state index is 13.8. The average Bonchev–Trinajstić information content (AvgIpc) is 2.71. The van der Waals surface area contributed by atoms with Gasteiger partial charge in [0.05, 0.1) is 5.41 Å². The molecule has 1 aromatic carbocycles. The molecule has 1 saturated heterocycles. The van der Waals surface area contributed by atoms with Gasteiger partial charge in [-0.3, -0.25) is 14.4 Å². The minimum absolute atomic E-state index is 0.0361. The van der Waals surface area contributed by atoms with Gasteiger partial charge in [-0.05, 0) is 81.5 Å². The number of Topliss-reactive ketones (excluding diaryl/α,β-unsaturated/α-hetero) is 1. The molecule has 4 saturated carbocycles. The number of piperazine rings is 1. The van der Waals surface area contributed by atoms with Crippen LogP contribution in [0.4, 0.5) is 5.69 Å². The van der Waals surface area contributed by atoms with Crippen molar-refractivity contribution in [2.24, 2.45) is 17.3 Å². The summed E-state index contributed by atoms with van der Waals surface area (Å²) >= 11 is 0. The summed E-state index contributed by atoms with van der Waals surface area (Å²) in [5, 5.41) is 3.27. The highest BCUT2D eigenvalue weighted by atomic mass is 16.2. The molecule has 6 nitrogen and oxygen atoms in total. The van der Waals surface area contributed by atoms with Crippen LogP contribution in [0.3, 0.4) is 0 Å². The Morgan fingerprint density at radius 1 is 0.903 bits per heavy atom. The minimum atomic E-state index is -0.280. The van der Waals surface area contributed by atoms with Gasteiger partial charge < -0.3 is 15.1 Å². The highest BCUT2D eigenvalue weighted by molar-refractivity contribution is 5.94. The van der Waals surface area contributed by atoms with E-state index in [0.717, 1.165) is 69.5 Å². The Kier molecular flexibility index (Phi) is 4.87. The number of hydrogen-bond donors (Lipinski definition) is 1. The van der Waals surface area contributed by atoms with E-state index >= 15 is 0 Å². The number of carbonyl (C=O) groups excluding carboxylic acids is 3. The molecule has 0 radical (unpaired) electrons. The van der Waals surface area contributed by atoms with Gasteiger partial charge in [0.1, 0.15) is 0 Å². The van der Waals surface area contributed by atoms with Gasteiger partial charge in [-0.15, -0.1) is 0 Å². The van der Waals surface area contributed by atoms with E-state index in [2.05, 4.69) is 15.1 Å². The van der Waals surface area contributed by atoms with Crippen molar-refractivity contribution in [3.63, 3.8) is 0 Å². The molecule has 2 atom stereocenters. The van der Waals surface area contributed by atoms with E-state index < -0.39 is 0 Å². The third-order valence-corrected chi connectivity index (χ3v) is 8.16. The first kappa shape index (κ1) is 20.5. The lowest BCUT2D eigenvalue weighted by atomic mass is 9.46. The molecular formula is C25H33N3O3. The van der Waals surface area contributed by atoms with Crippen LogP contribution in [0, 0.1) is 17.3 Å². The van der Waals surface area contributed by atoms with E-state index in [0.29, 0.717) is 17.7 Å². The molecule has 0 spiro atoms. The Morgan fingerprint density at radius 2 is 1.52 bits per heavy atom. The highest BCUT2D eigenvalue weighted by Gasteiger charge is 2.61. The lowest BCUT2D eigenvalue weighted by Gasteiger charge is -2.62. The van der Waals surface area contributed by atoms with Crippen LogP contribution in [0.5, 0.6) is 0 Å². The summed E-state index contributed by atoms with van der Waals surface area (Å²) in [6.07, 6.45) is 6.12. The molecule has 2 amide bonds. The number of benzene rings is 1. The molecule has 5 fully saturated rings. The van der Waals surface area contributed by atoms with Crippen molar-refractivity contribution >= 4 is 23.3 Å². The van der Waals surface area contributed by atoms with Crippen LogP contribution in [0.25, 0.3) is 0 Å². The summed E-state index contributed by atoms with van der Waals surface area (Å²) in [5.41, 5.74) is 1.40.